The highest BCUT2D eigenvalue weighted by molar-refractivity contribution is 7.89. The van der Waals surface area contributed by atoms with Crippen LogP contribution in [0.4, 0.5) is 5.82 Å². The third-order valence-corrected chi connectivity index (χ3v) is 4.18. The van der Waals surface area contributed by atoms with Gasteiger partial charge in [-0.1, -0.05) is 13.8 Å². The third kappa shape index (κ3) is 4.62. The van der Waals surface area contributed by atoms with Gasteiger partial charge in [0.15, 0.2) is 0 Å². The first-order chi connectivity index (χ1) is 8.31. The first kappa shape index (κ1) is 14.9. The van der Waals surface area contributed by atoms with Gasteiger partial charge in [-0.05, 0) is 37.8 Å². The number of nitrogens with two attached hydrogens (primary N) is 1. The number of hydrogen-bond donors (Lipinski definition) is 2. The molecule has 102 valence electrons. The van der Waals surface area contributed by atoms with E-state index < -0.39 is 10.0 Å². The summed E-state index contributed by atoms with van der Waals surface area (Å²) in [5.74, 6) is 0.872. The van der Waals surface area contributed by atoms with Gasteiger partial charge in [0.25, 0.3) is 0 Å². The predicted molar refractivity (Wildman–Crippen MR) is 72.5 cm³/mol. The third-order valence-electron chi connectivity index (χ3n) is 2.60. The summed E-state index contributed by atoms with van der Waals surface area (Å²) in [4.78, 5) is 3.93. The molecule has 0 aliphatic heterocycles. The second-order valence-corrected chi connectivity index (χ2v) is 6.63. The van der Waals surface area contributed by atoms with Crippen molar-refractivity contribution in [3.63, 3.8) is 0 Å². The molecular formula is C12H21N3O2S. The molecular weight excluding hydrogens is 250 g/mol. The van der Waals surface area contributed by atoms with Crippen LogP contribution in [0.2, 0.25) is 0 Å². The summed E-state index contributed by atoms with van der Waals surface area (Å²) in [5, 5.41) is 0. The first-order valence-corrected chi connectivity index (χ1v) is 7.53. The molecule has 0 saturated carbocycles. The molecule has 0 radical (unpaired) electrons. The van der Waals surface area contributed by atoms with Crippen LogP contribution in [0.3, 0.4) is 0 Å². The SMILES string of the molecule is CC(C)CCC(C)NS(=O)(=O)c1ccc(N)nc1. The van der Waals surface area contributed by atoms with E-state index in [0.29, 0.717) is 11.7 Å². The van der Waals surface area contributed by atoms with E-state index in [2.05, 4.69) is 23.6 Å². The Bertz CT molecular complexity index is 469. The van der Waals surface area contributed by atoms with E-state index in [1.54, 1.807) is 0 Å². The number of pyridine rings is 1. The van der Waals surface area contributed by atoms with Gasteiger partial charge in [-0.3, -0.25) is 0 Å². The Morgan fingerprint density at radius 3 is 2.44 bits per heavy atom. The van der Waals surface area contributed by atoms with E-state index in [-0.39, 0.29) is 10.9 Å². The molecule has 1 rings (SSSR count). The summed E-state index contributed by atoms with van der Waals surface area (Å²) in [6, 6.07) is 2.85. The first-order valence-electron chi connectivity index (χ1n) is 6.05. The summed E-state index contributed by atoms with van der Waals surface area (Å²) in [7, 11) is -3.49. The smallest absolute Gasteiger partial charge is 0.242 e. The van der Waals surface area contributed by atoms with Crippen molar-refractivity contribution in [1.82, 2.24) is 9.71 Å². The van der Waals surface area contributed by atoms with Crippen LogP contribution in [-0.2, 0) is 10.0 Å². The maximum Gasteiger partial charge on any atom is 0.242 e. The summed E-state index contributed by atoms with van der Waals surface area (Å²) in [5.41, 5.74) is 5.43. The Kier molecular flexibility index (Phi) is 5.10. The van der Waals surface area contributed by atoms with Gasteiger partial charge in [-0.25, -0.2) is 18.1 Å². The highest BCUT2D eigenvalue weighted by Crippen LogP contribution is 2.12. The Hall–Kier alpha value is -1.14. The Balaban J connectivity index is 2.67. The van der Waals surface area contributed by atoms with Crippen molar-refractivity contribution in [2.75, 3.05) is 5.73 Å². The van der Waals surface area contributed by atoms with Gasteiger partial charge >= 0.3 is 0 Å². The number of rotatable bonds is 6. The summed E-state index contributed by atoms with van der Waals surface area (Å²) in [6.07, 6.45) is 3.08. The number of hydrogen-bond acceptors (Lipinski definition) is 4. The van der Waals surface area contributed by atoms with Crippen LogP contribution in [0.1, 0.15) is 33.6 Å². The maximum atomic E-state index is 12.0. The molecule has 0 bridgehead atoms. The molecule has 1 heterocycles. The highest BCUT2D eigenvalue weighted by atomic mass is 32.2. The zero-order valence-corrected chi connectivity index (χ0v) is 11.9. The summed E-state index contributed by atoms with van der Waals surface area (Å²) >= 11 is 0. The minimum absolute atomic E-state index is 0.0880. The Labute approximate surface area is 109 Å². The second-order valence-electron chi connectivity index (χ2n) is 4.91. The van der Waals surface area contributed by atoms with Crippen molar-refractivity contribution in [2.45, 2.75) is 44.6 Å². The van der Waals surface area contributed by atoms with Crippen molar-refractivity contribution in [3.05, 3.63) is 18.3 Å². The number of nitrogens with one attached hydrogen (secondary N) is 1. The van der Waals surface area contributed by atoms with Gasteiger partial charge in [0.05, 0.1) is 0 Å². The molecule has 18 heavy (non-hydrogen) atoms. The minimum Gasteiger partial charge on any atom is -0.384 e. The van der Waals surface area contributed by atoms with E-state index in [9.17, 15) is 8.42 Å². The molecule has 5 nitrogen and oxygen atoms in total. The van der Waals surface area contributed by atoms with Crippen LogP contribution in [0, 0.1) is 5.92 Å². The number of anilines is 1. The van der Waals surface area contributed by atoms with Crippen LogP contribution in [-0.4, -0.2) is 19.4 Å². The molecule has 1 atom stereocenters. The van der Waals surface area contributed by atoms with Crippen LogP contribution >= 0.6 is 0 Å². The molecule has 0 aliphatic carbocycles. The zero-order valence-electron chi connectivity index (χ0n) is 11.1. The lowest BCUT2D eigenvalue weighted by Gasteiger charge is -2.15. The lowest BCUT2D eigenvalue weighted by molar-refractivity contribution is 0.485. The van der Waals surface area contributed by atoms with Gasteiger partial charge in [0.2, 0.25) is 10.0 Å². The van der Waals surface area contributed by atoms with Gasteiger partial charge in [-0.2, -0.15) is 0 Å². The van der Waals surface area contributed by atoms with E-state index in [0.717, 1.165) is 12.8 Å². The van der Waals surface area contributed by atoms with Crippen LogP contribution < -0.4 is 10.5 Å². The largest absolute Gasteiger partial charge is 0.384 e. The van der Waals surface area contributed by atoms with Gasteiger partial charge in [-0.15, -0.1) is 0 Å². The standard InChI is InChI=1S/C12H21N3O2S/c1-9(2)4-5-10(3)15-18(16,17)11-6-7-12(13)14-8-11/h6-10,15H,4-5H2,1-3H3,(H2,13,14). The number of nitrogens with zero attached hydrogens (tertiary/aromatic N) is 1. The molecule has 3 N–H and O–H groups in total. The van der Waals surface area contributed by atoms with Crippen LogP contribution in [0.5, 0.6) is 0 Å². The van der Waals surface area contributed by atoms with Crippen molar-refractivity contribution >= 4 is 15.8 Å². The molecule has 0 amide bonds. The monoisotopic (exact) mass is 271 g/mol. The van der Waals surface area contributed by atoms with Crippen LogP contribution in [0.25, 0.3) is 0 Å². The van der Waals surface area contributed by atoms with Crippen molar-refractivity contribution in [2.24, 2.45) is 5.92 Å². The molecule has 0 aromatic carbocycles. The Morgan fingerprint density at radius 1 is 1.28 bits per heavy atom. The minimum atomic E-state index is -3.49. The lowest BCUT2D eigenvalue weighted by atomic mass is 10.1. The van der Waals surface area contributed by atoms with Gasteiger partial charge in [0, 0.05) is 12.2 Å². The molecule has 0 spiro atoms. The second kappa shape index (κ2) is 6.15. The van der Waals surface area contributed by atoms with Crippen molar-refractivity contribution in [1.29, 1.82) is 0 Å². The average Bonchev–Trinajstić information content (AvgIpc) is 2.26. The molecule has 0 aliphatic rings. The molecule has 0 fully saturated rings. The van der Waals surface area contributed by atoms with Crippen LogP contribution in [0.15, 0.2) is 23.2 Å². The predicted octanol–water partition coefficient (Wildman–Crippen LogP) is 1.77. The van der Waals surface area contributed by atoms with Crippen molar-refractivity contribution < 1.29 is 8.42 Å². The summed E-state index contributed by atoms with van der Waals surface area (Å²) < 4.78 is 26.7. The van der Waals surface area contributed by atoms with E-state index in [1.165, 1.54) is 18.3 Å². The Morgan fingerprint density at radius 2 is 1.94 bits per heavy atom. The number of nitrogen functional groups attached to an aromatic ring is 1. The summed E-state index contributed by atoms with van der Waals surface area (Å²) in [6.45, 7) is 6.10. The average molecular weight is 271 g/mol. The van der Waals surface area contributed by atoms with Gasteiger partial charge < -0.3 is 5.73 Å². The number of sulfonamides is 1. The van der Waals surface area contributed by atoms with E-state index in [4.69, 9.17) is 5.73 Å². The topological polar surface area (TPSA) is 85.1 Å². The maximum absolute atomic E-state index is 12.0. The highest BCUT2D eigenvalue weighted by Gasteiger charge is 2.17. The molecule has 6 heteroatoms. The lowest BCUT2D eigenvalue weighted by Crippen LogP contribution is -2.32. The molecule has 1 aromatic heterocycles. The molecule has 1 unspecified atom stereocenters. The van der Waals surface area contributed by atoms with E-state index in [1.807, 2.05) is 6.92 Å². The van der Waals surface area contributed by atoms with E-state index >= 15 is 0 Å². The fourth-order valence-corrected chi connectivity index (χ4v) is 2.75. The fraction of sp³-hybridized carbons (Fsp3) is 0.583. The molecule has 1 aromatic rings. The number of aromatic nitrogens is 1. The quantitative estimate of drug-likeness (QED) is 0.825. The van der Waals surface area contributed by atoms with Gasteiger partial charge in [0.1, 0.15) is 10.7 Å². The fourth-order valence-electron chi connectivity index (χ4n) is 1.53. The molecule has 0 saturated heterocycles. The van der Waals surface area contributed by atoms with Crippen molar-refractivity contribution in [3.8, 4) is 0 Å². The zero-order chi connectivity index (χ0) is 13.8. The normalized spacial score (nSPS) is 13.8.